The molecule has 0 saturated carbocycles. The molecule has 8 aromatic carbocycles. The zero-order chi connectivity index (χ0) is 58.5. The maximum Gasteiger partial charge on any atom is 0.417 e. The molecule has 0 N–H and O–H groups in total. The number of aromatic nitrogens is 4. The van der Waals surface area contributed by atoms with Crippen LogP contribution in [0, 0.1) is 0 Å². The van der Waals surface area contributed by atoms with E-state index >= 15 is 26.3 Å². The molecule has 1 unspecified atom stereocenters. The van der Waals surface area contributed by atoms with Gasteiger partial charge < -0.3 is 9.47 Å². The highest BCUT2D eigenvalue weighted by Crippen LogP contribution is 2.47. The van der Waals surface area contributed by atoms with Crippen LogP contribution in [0.2, 0.25) is 0 Å². The minimum absolute atomic E-state index is 0.0419. The average Bonchev–Trinajstić information content (AvgIpc) is 1.69. The Balaban J connectivity index is 1.14. The van der Waals surface area contributed by atoms with Crippen LogP contribution >= 0.6 is 0 Å². The number of anilines is 2. The third-order valence-electron chi connectivity index (χ3n) is 15.3. The van der Waals surface area contributed by atoms with Gasteiger partial charge in [0.2, 0.25) is 0 Å². The van der Waals surface area contributed by atoms with E-state index < -0.39 is 58.1 Å². The number of hydrogen-bond donors (Lipinski definition) is 0. The Hall–Kier alpha value is -9.77. The Morgan fingerprint density at radius 2 is 0.940 bits per heavy atom. The van der Waals surface area contributed by atoms with Crippen LogP contribution < -0.4 is 15.3 Å². The van der Waals surface area contributed by atoms with E-state index in [1.807, 2.05) is 127 Å². The summed E-state index contributed by atoms with van der Waals surface area (Å²) in [4.78, 5) is 17.5. The first-order valence-electron chi connectivity index (χ1n) is 26.2. The van der Waals surface area contributed by atoms with Crippen LogP contribution in [0.1, 0.15) is 34.5 Å². The second kappa shape index (κ2) is 20.0. The van der Waals surface area contributed by atoms with Crippen LogP contribution in [-0.4, -0.2) is 25.6 Å². The number of fused-ring (bicyclic) bond motifs is 5. The van der Waals surface area contributed by atoms with Crippen molar-refractivity contribution in [2.24, 2.45) is 0 Å². The van der Waals surface area contributed by atoms with Gasteiger partial charge in [0, 0.05) is 44.8 Å². The van der Waals surface area contributed by atoms with Crippen molar-refractivity contribution in [3.05, 3.63) is 257 Å². The Morgan fingerprint density at radius 3 is 1.45 bits per heavy atom. The van der Waals surface area contributed by atoms with Crippen molar-refractivity contribution in [2.75, 3.05) is 4.90 Å². The first-order chi connectivity index (χ1) is 40.2. The van der Waals surface area contributed by atoms with E-state index in [1.54, 1.807) is 10.6 Å². The fraction of sp³-hybridized carbons (Fsp3) is 0.0896. The molecule has 0 fully saturated rings. The predicted molar refractivity (Wildman–Crippen MR) is 301 cm³/mol. The zero-order valence-electron chi connectivity index (χ0n) is 43.3. The van der Waals surface area contributed by atoms with Gasteiger partial charge >= 0.3 is 24.7 Å². The van der Waals surface area contributed by atoms with E-state index in [0.717, 1.165) is 45.1 Å². The van der Waals surface area contributed by atoms with E-state index in [-0.39, 0.29) is 69.9 Å². The van der Waals surface area contributed by atoms with Gasteiger partial charge in [0.15, 0.2) is 17.5 Å². The third kappa shape index (κ3) is 9.52. The summed E-state index contributed by atoms with van der Waals surface area (Å²) < 4.78 is 176. The van der Waals surface area contributed by atoms with Gasteiger partial charge in [-0.3, -0.25) is 0 Å². The van der Waals surface area contributed by atoms with Gasteiger partial charge in [0.1, 0.15) is 0 Å². The Bertz CT molecular complexity index is 4380. The average molecular weight is 1140 g/mol. The summed E-state index contributed by atoms with van der Waals surface area (Å²) in [6, 6.07) is 44.8. The molecular formula is C67H39F12N5. The zero-order valence-corrected chi connectivity index (χ0v) is 43.3. The predicted octanol–water partition coefficient (Wildman–Crippen LogP) is 17.7. The Labute approximate surface area is 470 Å². The molecule has 3 aliphatic rings. The molecule has 0 spiro atoms. The van der Waals surface area contributed by atoms with E-state index in [1.165, 1.54) is 36.4 Å². The number of benzene rings is 8. The molecule has 2 aromatic heterocycles. The van der Waals surface area contributed by atoms with Crippen molar-refractivity contribution in [1.29, 1.82) is 0 Å². The van der Waals surface area contributed by atoms with Crippen molar-refractivity contribution < 1.29 is 52.7 Å². The van der Waals surface area contributed by atoms with E-state index in [0.29, 0.717) is 39.6 Å². The summed E-state index contributed by atoms with van der Waals surface area (Å²) in [5.74, 6) is 0.653. The van der Waals surface area contributed by atoms with Crippen molar-refractivity contribution >= 4 is 55.6 Å². The third-order valence-corrected chi connectivity index (χ3v) is 15.3. The molecule has 3 heterocycles. The maximum absolute atomic E-state index is 15.0. The van der Waals surface area contributed by atoms with Crippen molar-refractivity contribution in [1.82, 2.24) is 19.5 Å². The smallest absolute Gasteiger partial charge is 0.330 e. The number of halogens is 12. The SMILES string of the molecule is FC(F)(F)c1ccc(-c2ccc3c4ccc(-c5ccc(C(F)(F)F)cc5C(F)(F)F)cc4n(C4=C(c5nc(-c6ccccc6)nc(-c6ccccc6)n5)CC(=c5cccc6c5=C5C=CC=CC5N6c5ccccc5)C=C4)c3c2)c(C(F)(F)F)c1. The van der Waals surface area contributed by atoms with E-state index in [4.69, 9.17) is 15.0 Å². The quantitative estimate of drug-likeness (QED) is 0.149. The lowest BCUT2D eigenvalue weighted by atomic mass is 9.92. The topological polar surface area (TPSA) is 46.8 Å². The van der Waals surface area contributed by atoms with E-state index in [9.17, 15) is 26.3 Å². The molecule has 10 aromatic rings. The van der Waals surface area contributed by atoms with Crippen LogP contribution in [0.3, 0.4) is 0 Å². The van der Waals surface area contributed by atoms with Gasteiger partial charge in [0.05, 0.1) is 50.7 Å². The largest absolute Gasteiger partial charge is 0.417 e. The fourth-order valence-electron chi connectivity index (χ4n) is 11.5. The summed E-state index contributed by atoms with van der Waals surface area (Å²) in [7, 11) is 0. The molecular weight excluding hydrogens is 1100 g/mol. The van der Waals surface area contributed by atoms with Crippen LogP contribution in [0.15, 0.2) is 218 Å². The second-order valence-electron chi connectivity index (χ2n) is 20.3. The number of nitrogens with zero attached hydrogens (tertiary/aromatic N) is 5. The fourth-order valence-corrected chi connectivity index (χ4v) is 11.5. The molecule has 0 saturated heterocycles. The van der Waals surface area contributed by atoms with Crippen LogP contribution in [-0.2, 0) is 24.7 Å². The molecule has 0 radical (unpaired) electrons. The lowest BCUT2D eigenvalue weighted by molar-refractivity contribution is -0.144. The highest BCUT2D eigenvalue weighted by molar-refractivity contribution is 6.14. The van der Waals surface area contributed by atoms with Crippen molar-refractivity contribution in [2.45, 2.75) is 37.2 Å². The van der Waals surface area contributed by atoms with E-state index in [2.05, 4.69) is 17.1 Å². The van der Waals surface area contributed by atoms with Crippen molar-refractivity contribution in [3.8, 4) is 45.0 Å². The summed E-state index contributed by atoms with van der Waals surface area (Å²) >= 11 is 0. The number of hydrogen-bond acceptors (Lipinski definition) is 4. The van der Waals surface area contributed by atoms with Gasteiger partial charge in [-0.15, -0.1) is 0 Å². The number of allylic oxidation sites excluding steroid dienone is 6. The van der Waals surface area contributed by atoms with Crippen LogP contribution in [0.4, 0.5) is 64.1 Å². The minimum atomic E-state index is -5.28. The molecule has 5 nitrogen and oxygen atoms in total. The standard InChI is InChI=1S/C67H39F12N5/c68-64(69,70)43-26-30-46(53(36-43)66(74,75)76)41-23-28-49-50-29-24-42(47-31-27-44(65(71,72)73)37-54(47)67(77,78)79)35-59(50)84(58(49)34-41)56-32-25-40(48-20-12-22-57-60(48)51-19-10-11-21-55(51)83(57)45-17-8-3-9-18-45)33-52(56)63-81-61(38-13-4-1-5-14-38)80-62(82-63)39-15-6-2-7-16-39/h1-32,34-37,55H,33H2. The number of rotatable bonds is 7. The van der Waals surface area contributed by atoms with Gasteiger partial charge in [-0.25, -0.2) is 15.0 Å². The van der Waals surface area contributed by atoms with Crippen molar-refractivity contribution in [3.63, 3.8) is 0 Å². The maximum atomic E-state index is 15.0. The van der Waals surface area contributed by atoms with Gasteiger partial charge in [-0.1, -0.05) is 158 Å². The minimum Gasteiger partial charge on any atom is -0.330 e. The monoisotopic (exact) mass is 1140 g/mol. The molecule has 17 heteroatoms. The molecule has 0 amide bonds. The lowest BCUT2D eigenvalue weighted by Gasteiger charge is -2.28. The molecule has 0 bridgehead atoms. The molecule has 2 aliphatic carbocycles. The number of para-hydroxylation sites is 1. The lowest BCUT2D eigenvalue weighted by Crippen LogP contribution is -2.29. The first-order valence-corrected chi connectivity index (χ1v) is 26.2. The highest BCUT2D eigenvalue weighted by Gasteiger charge is 2.41. The molecule has 1 atom stereocenters. The summed E-state index contributed by atoms with van der Waals surface area (Å²) in [6.45, 7) is 0. The molecule has 13 rings (SSSR count). The second-order valence-corrected chi connectivity index (χ2v) is 20.3. The van der Waals surface area contributed by atoms with Crippen LogP contribution in [0.25, 0.3) is 89.3 Å². The Morgan fingerprint density at radius 1 is 0.429 bits per heavy atom. The van der Waals surface area contributed by atoms with Gasteiger partial charge in [-0.2, -0.15) is 52.7 Å². The van der Waals surface area contributed by atoms with Gasteiger partial charge in [-0.05, 0) is 99.3 Å². The Kier molecular flexibility index (Phi) is 12.7. The first kappa shape index (κ1) is 53.5. The van der Waals surface area contributed by atoms with Crippen LogP contribution in [0.5, 0.6) is 0 Å². The summed E-state index contributed by atoms with van der Waals surface area (Å²) in [6.07, 6.45) is -9.02. The molecule has 1 aliphatic heterocycles. The molecule has 84 heavy (non-hydrogen) atoms. The summed E-state index contributed by atoms with van der Waals surface area (Å²) in [5, 5.41) is 2.47. The van der Waals surface area contributed by atoms with Gasteiger partial charge in [0.25, 0.3) is 0 Å². The number of alkyl halides is 12. The molecule has 416 valence electrons. The highest BCUT2D eigenvalue weighted by atomic mass is 19.4. The summed E-state index contributed by atoms with van der Waals surface area (Å²) in [5.41, 5.74) is -1.85. The normalized spacial score (nSPS) is 16.1.